The number of aromatic nitrogens is 2. The molecule has 1 N–H and O–H groups in total. The first-order valence-corrected chi connectivity index (χ1v) is 7.16. The van der Waals surface area contributed by atoms with Crippen molar-refractivity contribution in [3.05, 3.63) is 17.8 Å². The lowest BCUT2D eigenvalue weighted by molar-refractivity contribution is 0.679. The Morgan fingerprint density at radius 2 is 2.06 bits per heavy atom. The summed E-state index contributed by atoms with van der Waals surface area (Å²) in [5.41, 5.74) is 1.03. The van der Waals surface area contributed by atoms with Crippen molar-refractivity contribution in [2.45, 2.75) is 45.2 Å². The summed E-state index contributed by atoms with van der Waals surface area (Å²) in [5, 5.41) is 12.0. The standard InChI is InChI=1S/C14H22N4/c1-2-15-9-12-5-8-14(17-16-12)18(13-6-7-13)10-11-3-4-11/h5,8,11,13,15H,2-4,6-7,9-10H2,1H3. The molecule has 0 aliphatic heterocycles. The predicted molar refractivity (Wildman–Crippen MR) is 72.5 cm³/mol. The van der Waals surface area contributed by atoms with E-state index >= 15 is 0 Å². The molecule has 4 nitrogen and oxygen atoms in total. The van der Waals surface area contributed by atoms with E-state index in [9.17, 15) is 0 Å². The Balaban J connectivity index is 1.65. The zero-order valence-electron chi connectivity index (χ0n) is 11.1. The van der Waals surface area contributed by atoms with Crippen molar-refractivity contribution >= 4 is 5.82 Å². The fourth-order valence-electron chi connectivity index (χ4n) is 2.25. The summed E-state index contributed by atoms with van der Waals surface area (Å²) in [6.45, 7) is 5.08. The highest BCUT2D eigenvalue weighted by Gasteiger charge is 2.34. The van der Waals surface area contributed by atoms with E-state index in [1.54, 1.807) is 0 Å². The van der Waals surface area contributed by atoms with Gasteiger partial charge in [-0.3, -0.25) is 0 Å². The quantitative estimate of drug-likeness (QED) is 0.798. The van der Waals surface area contributed by atoms with Gasteiger partial charge < -0.3 is 10.2 Å². The Bertz CT molecular complexity index is 381. The molecule has 0 bridgehead atoms. The molecular weight excluding hydrogens is 224 g/mol. The minimum absolute atomic E-state index is 0.736. The molecule has 98 valence electrons. The molecule has 0 unspecified atom stereocenters. The van der Waals surface area contributed by atoms with Gasteiger partial charge >= 0.3 is 0 Å². The highest BCUT2D eigenvalue weighted by atomic mass is 15.3. The summed E-state index contributed by atoms with van der Waals surface area (Å²) in [5.74, 6) is 1.98. The summed E-state index contributed by atoms with van der Waals surface area (Å²) >= 11 is 0. The van der Waals surface area contributed by atoms with Crippen molar-refractivity contribution < 1.29 is 0 Å². The summed E-state index contributed by atoms with van der Waals surface area (Å²) in [6.07, 6.45) is 5.45. The maximum absolute atomic E-state index is 4.41. The van der Waals surface area contributed by atoms with Crippen molar-refractivity contribution in [1.29, 1.82) is 0 Å². The fourth-order valence-corrected chi connectivity index (χ4v) is 2.25. The van der Waals surface area contributed by atoms with Crippen LogP contribution < -0.4 is 10.2 Å². The number of hydrogen-bond donors (Lipinski definition) is 1. The van der Waals surface area contributed by atoms with Gasteiger partial charge in [0.25, 0.3) is 0 Å². The van der Waals surface area contributed by atoms with Gasteiger partial charge in [0.05, 0.1) is 5.69 Å². The van der Waals surface area contributed by atoms with E-state index in [-0.39, 0.29) is 0 Å². The van der Waals surface area contributed by atoms with Crippen LogP contribution in [0.5, 0.6) is 0 Å². The van der Waals surface area contributed by atoms with Crippen LogP contribution in [0.25, 0.3) is 0 Å². The number of rotatable bonds is 7. The van der Waals surface area contributed by atoms with E-state index in [0.717, 1.165) is 36.6 Å². The SMILES string of the molecule is CCNCc1ccc(N(CC2CC2)C2CC2)nn1. The van der Waals surface area contributed by atoms with E-state index in [1.165, 1.54) is 32.2 Å². The average Bonchev–Trinajstić information content (AvgIpc) is 3.28. The lowest BCUT2D eigenvalue weighted by Gasteiger charge is -2.22. The molecule has 1 aromatic heterocycles. The number of nitrogens with one attached hydrogen (secondary N) is 1. The third-order valence-corrected chi connectivity index (χ3v) is 3.70. The van der Waals surface area contributed by atoms with Crippen molar-refractivity contribution in [2.24, 2.45) is 5.92 Å². The van der Waals surface area contributed by atoms with Crippen molar-refractivity contribution in [1.82, 2.24) is 15.5 Å². The average molecular weight is 246 g/mol. The lowest BCUT2D eigenvalue weighted by atomic mass is 10.3. The van der Waals surface area contributed by atoms with Gasteiger partial charge in [0.2, 0.25) is 0 Å². The normalized spacial score (nSPS) is 18.9. The molecule has 0 saturated heterocycles. The first-order valence-electron chi connectivity index (χ1n) is 7.16. The zero-order chi connectivity index (χ0) is 12.4. The molecule has 2 saturated carbocycles. The Kier molecular flexibility index (Phi) is 3.46. The van der Waals surface area contributed by atoms with Crippen LogP contribution in [0.4, 0.5) is 5.82 Å². The smallest absolute Gasteiger partial charge is 0.151 e. The molecule has 0 atom stereocenters. The van der Waals surface area contributed by atoms with Gasteiger partial charge in [-0.05, 0) is 50.3 Å². The monoisotopic (exact) mass is 246 g/mol. The molecule has 2 fully saturated rings. The van der Waals surface area contributed by atoms with Gasteiger partial charge in [0, 0.05) is 19.1 Å². The summed E-state index contributed by atoms with van der Waals surface area (Å²) in [4.78, 5) is 2.47. The third-order valence-electron chi connectivity index (χ3n) is 3.70. The second-order valence-corrected chi connectivity index (χ2v) is 5.49. The summed E-state index contributed by atoms with van der Waals surface area (Å²) in [7, 11) is 0. The molecule has 0 spiro atoms. The molecule has 1 aromatic rings. The number of anilines is 1. The Morgan fingerprint density at radius 1 is 1.22 bits per heavy atom. The first-order chi connectivity index (χ1) is 8.86. The maximum Gasteiger partial charge on any atom is 0.151 e. The van der Waals surface area contributed by atoms with Crippen LogP contribution in [0.15, 0.2) is 12.1 Å². The van der Waals surface area contributed by atoms with Crippen molar-refractivity contribution in [3.63, 3.8) is 0 Å². The van der Waals surface area contributed by atoms with Gasteiger partial charge in [-0.2, -0.15) is 5.10 Å². The number of hydrogen-bond acceptors (Lipinski definition) is 4. The molecule has 18 heavy (non-hydrogen) atoms. The topological polar surface area (TPSA) is 41.0 Å². The molecule has 1 heterocycles. The molecule has 4 heteroatoms. The van der Waals surface area contributed by atoms with Crippen LogP contribution in [-0.4, -0.2) is 29.3 Å². The predicted octanol–water partition coefficient (Wildman–Crippen LogP) is 1.96. The minimum atomic E-state index is 0.736. The Hall–Kier alpha value is -1.16. The van der Waals surface area contributed by atoms with Crippen LogP contribution in [0, 0.1) is 5.92 Å². The van der Waals surface area contributed by atoms with E-state index in [4.69, 9.17) is 0 Å². The largest absolute Gasteiger partial charge is 0.352 e. The maximum atomic E-state index is 4.41. The molecule has 0 aromatic carbocycles. The van der Waals surface area contributed by atoms with E-state index in [0.29, 0.717) is 0 Å². The Labute approximate surface area is 109 Å². The molecule has 2 aliphatic carbocycles. The molecular formula is C14H22N4. The second-order valence-electron chi connectivity index (χ2n) is 5.49. The van der Waals surface area contributed by atoms with Gasteiger partial charge in [0.15, 0.2) is 5.82 Å². The summed E-state index contributed by atoms with van der Waals surface area (Å²) in [6, 6.07) is 4.98. The van der Waals surface area contributed by atoms with Crippen LogP contribution in [-0.2, 0) is 6.54 Å². The van der Waals surface area contributed by atoms with Crippen LogP contribution in [0.2, 0.25) is 0 Å². The van der Waals surface area contributed by atoms with E-state index < -0.39 is 0 Å². The van der Waals surface area contributed by atoms with E-state index in [2.05, 4.69) is 39.5 Å². The molecule has 0 radical (unpaired) electrons. The van der Waals surface area contributed by atoms with Gasteiger partial charge in [-0.25, -0.2) is 0 Å². The molecule has 2 aliphatic rings. The zero-order valence-corrected chi connectivity index (χ0v) is 11.1. The fraction of sp³-hybridized carbons (Fsp3) is 0.714. The van der Waals surface area contributed by atoms with E-state index in [1.807, 2.05) is 0 Å². The Morgan fingerprint density at radius 3 is 2.61 bits per heavy atom. The highest BCUT2D eigenvalue weighted by molar-refractivity contribution is 5.41. The highest BCUT2D eigenvalue weighted by Crippen LogP contribution is 2.36. The van der Waals surface area contributed by atoms with Crippen molar-refractivity contribution in [3.8, 4) is 0 Å². The van der Waals surface area contributed by atoms with Crippen LogP contribution in [0.3, 0.4) is 0 Å². The second kappa shape index (κ2) is 5.22. The number of nitrogens with zero attached hydrogens (tertiary/aromatic N) is 3. The lowest BCUT2D eigenvalue weighted by Crippen LogP contribution is -2.29. The van der Waals surface area contributed by atoms with Crippen LogP contribution in [0.1, 0.15) is 38.3 Å². The van der Waals surface area contributed by atoms with Gasteiger partial charge in [0.1, 0.15) is 0 Å². The van der Waals surface area contributed by atoms with Gasteiger partial charge in [-0.1, -0.05) is 6.92 Å². The minimum Gasteiger partial charge on any atom is -0.352 e. The third kappa shape index (κ3) is 2.99. The van der Waals surface area contributed by atoms with Crippen molar-refractivity contribution in [2.75, 3.05) is 18.0 Å². The van der Waals surface area contributed by atoms with Crippen LogP contribution >= 0.6 is 0 Å². The molecule has 0 amide bonds. The van der Waals surface area contributed by atoms with Gasteiger partial charge in [-0.15, -0.1) is 5.10 Å². The summed E-state index contributed by atoms with van der Waals surface area (Å²) < 4.78 is 0. The molecule has 3 rings (SSSR count). The first kappa shape index (κ1) is 11.9.